The topological polar surface area (TPSA) is 56.3 Å². The molecule has 0 aliphatic heterocycles. The van der Waals surface area contributed by atoms with Crippen LogP contribution in [0.15, 0.2) is 60.7 Å². The van der Waals surface area contributed by atoms with Crippen molar-refractivity contribution in [3.8, 4) is 22.8 Å². The summed E-state index contributed by atoms with van der Waals surface area (Å²) in [6.07, 6.45) is 0. The number of nitrogens with zero attached hydrogens (tertiary/aromatic N) is 2. The van der Waals surface area contributed by atoms with Crippen molar-refractivity contribution in [3.05, 3.63) is 76.3 Å². The van der Waals surface area contributed by atoms with E-state index in [0.717, 1.165) is 33.3 Å². The van der Waals surface area contributed by atoms with E-state index in [1.165, 1.54) is 0 Å². The minimum atomic E-state index is 0.530. The Bertz CT molecular complexity index is 1200. The Morgan fingerprint density at radius 2 is 1.63 bits per heavy atom. The Labute approximate surface area is 184 Å². The Hall–Kier alpha value is -3.02. The number of aromatic nitrogens is 2. The molecule has 0 saturated carbocycles. The zero-order valence-corrected chi connectivity index (χ0v) is 18.0. The van der Waals surface area contributed by atoms with Gasteiger partial charge in [0.1, 0.15) is 17.2 Å². The lowest BCUT2D eigenvalue weighted by atomic mass is 10.0. The van der Waals surface area contributed by atoms with Crippen LogP contribution in [0.25, 0.3) is 22.0 Å². The Morgan fingerprint density at radius 3 is 2.33 bits per heavy atom. The molecule has 30 heavy (non-hydrogen) atoms. The highest BCUT2D eigenvalue weighted by atomic mass is 35.5. The monoisotopic (exact) mass is 439 g/mol. The summed E-state index contributed by atoms with van der Waals surface area (Å²) in [5.41, 5.74) is 2.73. The van der Waals surface area contributed by atoms with Gasteiger partial charge in [0, 0.05) is 27.9 Å². The van der Waals surface area contributed by atoms with Crippen LogP contribution in [0.4, 0.5) is 5.82 Å². The van der Waals surface area contributed by atoms with Gasteiger partial charge in [-0.05, 0) is 54.1 Å². The van der Waals surface area contributed by atoms with E-state index in [9.17, 15) is 0 Å². The second-order valence-corrected chi connectivity index (χ2v) is 7.48. The standard InChI is InChI=1S/C23H19Cl2N3O2/c1-29-17-7-4-15(5-8-17)22-18-9-6-16(24)12-19(18)23(28-27-22)26-13-14-3-10-21(30-2)20(25)11-14/h3-12H,13H2,1-2H3,(H,26,28). The minimum Gasteiger partial charge on any atom is -0.497 e. The predicted octanol–water partition coefficient (Wildman–Crippen LogP) is 6.23. The molecule has 1 aromatic heterocycles. The van der Waals surface area contributed by atoms with Crippen LogP contribution in [-0.4, -0.2) is 24.4 Å². The van der Waals surface area contributed by atoms with Crippen molar-refractivity contribution in [2.75, 3.05) is 19.5 Å². The van der Waals surface area contributed by atoms with Crippen LogP contribution in [-0.2, 0) is 6.54 Å². The molecule has 0 spiro atoms. The van der Waals surface area contributed by atoms with Crippen LogP contribution < -0.4 is 14.8 Å². The maximum atomic E-state index is 6.28. The fourth-order valence-corrected chi connectivity index (χ4v) is 3.68. The van der Waals surface area contributed by atoms with Crippen LogP contribution in [0.2, 0.25) is 10.0 Å². The molecule has 1 N–H and O–H groups in total. The van der Waals surface area contributed by atoms with Gasteiger partial charge in [-0.25, -0.2) is 0 Å². The fraction of sp³-hybridized carbons (Fsp3) is 0.130. The summed E-state index contributed by atoms with van der Waals surface area (Å²) >= 11 is 12.5. The number of nitrogens with one attached hydrogen (secondary N) is 1. The van der Waals surface area contributed by atoms with Gasteiger partial charge in [-0.2, -0.15) is 0 Å². The molecule has 0 radical (unpaired) electrons. The number of benzene rings is 3. The quantitative estimate of drug-likeness (QED) is 0.385. The van der Waals surface area contributed by atoms with E-state index < -0.39 is 0 Å². The van der Waals surface area contributed by atoms with Gasteiger partial charge < -0.3 is 14.8 Å². The Kier molecular flexibility index (Phi) is 5.93. The maximum Gasteiger partial charge on any atom is 0.156 e. The lowest BCUT2D eigenvalue weighted by Crippen LogP contribution is -2.04. The van der Waals surface area contributed by atoms with E-state index in [1.54, 1.807) is 14.2 Å². The molecule has 0 aliphatic carbocycles. The zero-order valence-electron chi connectivity index (χ0n) is 16.4. The van der Waals surface area contributed by atoms with Crippen LogP contribution in [0.5, 0.6) is 11.5 Å². The van der Waals surface area contributed by atoms with E-state index in [-0.39, 0.29) is 0 Å². The number of ether oxygens (including phenoxy) is 2. The zero-order chi connectivity index (χ0) is 21.1. The average molecular weight is 440 g/mol. The Balaban J connectivity index is 1.69. The van der Waals surface area contributed by atoms with Gasteiger partial charge in [0.05, 0.1) is 19.2 Å². The van der Waals surface area contributed by atoms with Crippen LogP contribution >= 0.6 is 23.2 Å². The summed E-state index contributed by atoms with van der Waals surface area (Å²) in [4.78, 5) is 0. The van der Waals surface area contributed by atoms with E-state index in [1.807, 2.05) is 60.7 Å². The van der Waals surface area contributed by atoms with Gasteiger partial charge in [-0.1, -0.05) is 35.3 Å². The number of rotatable bonds is 6. The number of methoxy groups -OCH3 is 2. The van der Waals surface area contributed by atoms with Crippen LogP contribution in [0.3, 0.4) is 0 Å². The molecule has 0 atom stereocenters. The summed E-state index contributed by atoms with van der Waals surface area (Å²) in [6.45, 7) is 0.530. The number of halogens is 2. The average Bonchev–Trinajstić information content (AvgIpc) is 2.77. The lowest BCUT2D eigenvalue weighted by molar-refractivity contribution is 0.415. The molecular formula is C23H19Cl2N3O2. The first-order valence-electron chi connectivity index (χ1n) is 9.25. The predicted molar refractivity (Wildman–Crippen MR) is 122 cm³/mol. The molecule has 0 saturated heterocycles. The summed E-state index contributed by atoms with van der Waals surface area (Å²) < 4.78 is 10.4. The summed E-state index contributed by atoms with van der Waals surface area (Å²) in [7, 11) is 3.23. The van der Waals surface area contributed by atoms with Crippen molar-refractivity contribution in [2.24, 2.45) is 0 Å². The molecule has 1 heterocycles. The van der Waals surface area contributed by atoms with Crippen LogP contribution in [0, 0.1) is 0 Å². The SMILES string of the molecule is COc1ccc(-c2nnc(NCc3ccc(OC)c(Cl)c3)c3cc(Cl)ccc23)cc1. The minimum absolute atomic E-state index is 0.530. The lowest BCUT2D eigenvalue weighted by Gasteiger charge is -2.12. The second-order valence-electron chi connectivity index (χ2n) is 6.64. The highest BCUT2D eigenvalue weighted by Gasteiger charge is 2.12. The van der Waals surface area contributed by atoms with Crippen LogP contribution in [0.1, 0.15) is 5.56 Å². The van der Waals surface area contributed by atoms with Gasteiger partial charge in [-0.15, -0.1) is 10.2 Å². The summed E-state index contributed by atoms with van der Waals surface area (Å²) in [5.74, 6) is 2.08. The largest absolute Gasteiger partial charge is 0.497 e. The molecule has 0 bridgehead atoms. The molecular weight excluding hydrogens is 421 g/mol. The first kappa shape index (κ1) is 20.3. The van der Waals surface area contributed by atoms with Crippen molar-refractivity contribution in [2.45, 2.75) is 6.54 Å². The van der Waals surface area contributed by atoms with Crippen molar-refractivity contribution in [1.82, 2.24) is 10.2 Å². The van der Waals surface area contributed by atoms with Gasteiger partial charge in [0.25, 0.3) is 0 Å². The third kappa shape index (κ3) is 4.13. The van der Waals surface area contributed by atoms with Gasteiger partial charge in [-0.3, -0.25) is 0 Å². The molecule has 4 aromatic rings. The molecule has 4 rings (SSSR count). The number of hydrogen-bond donors (Lipinski definition) is 1. The highest BCUT2D eigenvalue weighted by molar-refractivity contribution is 6.32. The smallest absolute Gasteiger partial charge is 0.156 e. The van der Waals surface area contributed by atoms with Crippen molar-refractivity contribution < 1.29 is 9.47 Å². The van der Waals surface area contributed by atoms with E-state index in [0.29, 0.717) is 28.2 Å². The number of fused-ring (bicyclic) bond motifs is 1. The third-order valence-corrected chi connectivity index (χ3v) is 5.31. The third-order valence-electron chi connectivity index (χ3n) is 4.78. The van der Waals surface area contributed by atoms with Crippen molar-refractivity contribution >= 4 is 39.8 Å². The van der Waals surface area contributed by atoms with E-state index >= 15 is 0 Å². The summed E-state index contributed by atoms with van der Waals surface area (Å²) in [6, 6.07) is 19.1. The molecule has 0 unspecified atom stereocenters. The van der Waals surface area contributed by atoms with E-state index in [2.05, 4.69) is 15.5 Å². The molecule has 7 heteroatoms. The molecule has 152 valence electrons. The van der Waals surface area contributed by atoms with Gasteiger partial charge >= 0.3 is 0 Å². The fourth-order valence-electron chi connectivity index (χ4n) is 3.22. The number of hydrogen-bond acceptors (Lipinski definition) is 5. The van der Waals surface area contributed by atoms with Gasteiger partial charge in [0.2, 0.25) is 0 Å². The summed E-state index contributed by atoms with van der Waals surface area (Å²) in [5, 5.41) is 15.3. The van der Waals surface area contributed by atoms with Crippen molar-refractivity contribution in [3.63, 3.8) is 0 Å². The number of anilines is 1. The molecule has 3 aromatic carbocycles. The highest BCUT2D eigenvalue weighted by Crippen LogP contribution is 2.33. The first-order chi connectivity index (χ1) is 14.6. The van der Waals surface area contributed by atoms with Gasteiger partial charge in [0.15, 0.2) is 5.82 Å². The van der Waals surface area contributed by atoms with E-state index in [4.69, 9.17) is 32.7 Å². The normalized spacial score (nSPS) is 10.8. The first-order valence-corrected chi connectivity index (χ1v) is 10.0. The molecule has 0 amide bonds. The molecule has 0 aliphatic rings. The Morgan fingerprint density at radius 1 is 0.833 bits per heavy atom. The second kappa shape index (κ2) is 8.78. The maximum absolute atomic E-state index is 6.28. The van der Waals surface area contributed by atoms with Crippen molar-refractivity contribution in [1.29, 1.82) is 0 Å². The molecule has 0 fully saturated rings. The molecule has 5 nitrogen and oxygen atoms in total.